The first kappa shape index (κ1) is 17.5. The fourth-order valence-corrected chi connectivity index (χ4v) is 3.28. The number of hydrogen-bond acceptors (Lipinski definition) is 1. The molecule has 2 aromatic rings. The highest BCUT2D eigenvalue weighted by Crippen LogP contribution is 2.30. The van der Waals surface area contributed by atoms with Gasteiger partial charge in [-0.3, -0.25) is 4.79 Å². The molecule has 0 unspecified atom stereocenters. The number of benzene rings is 2. The zero-order valence-electron chi connectivity index (χ0n) is 14.0. The summed E-state index contributed by atoms with van der Waals surface area (Å²) in [6, 6.07) is 10.7. The predicted octanol–water partition coefficient (Wildman–Crippen LogP) is 4.61. The van der Waals surface area contributed by atoms with Gasteiger partial charge in [-0.25, -0.2) is 0 Å². The second kappa shape index (κ2) is 6.90. The molecule has 0 heterocycles. The van der Waals surface area contributed by atoms with Gasteiger partial charge in [-0.15, -0.1) is 0 Å². The molecular formula is C20H20F3NO. The largest absolute Gasteiger partial charge is 0.416 e. The third-order valence-electron chi connectivity index (χ3n) is 4.62. The maximum atomic E-state index is 12.8. The molecule has 132 valence electrons. The molecule has 0 fully saturated rings. The average molecular weight is 347 g/mol. The second-order valence-corrected chi connectivity index (χ2v) is 6.55. The van der Waals surface area contributed by atoms with E-state index < -0.39 is 17.8 Å². The third-order valence-corrected chi connectivity index (χ3v) is 4.62. The van der Waals surface area contributed by atoms with Gasteiger partial charge in [-0.1, -0.05) is 30.3 Å². The zero-order chi connectivity index (χ0) is 18.0. The van der Waals surface area contributed by atoms with Crippen LogP contribution in [0, 0.1) is 0 Å². The van der Waals surface area contributed by atoms with Crippen LogP contribution in [0.5, 0.6) is 0 Å². The van der Waals surface area contributed by atoms with E-state index in [0.717, 1.165) is 37.0 Å². The van der Waals surface area contributed by atoms with Crippen molar-refractivity contribution in [3.05, 3.63) is 70.3 Å². The molecule has 0 radical (unpaired) electrons. The van der Waals surface area contributed by atoms with E-state index in [-0.39, 0.29) is 12.3 Å². The minimum Gasteiger partial charge on any atom is -0.349 e. The van der Waals surface area contributed by atoms with Crippen LogP contribution in [0.3, 0.4) is 0 Å². The van der Waals surface area contributed by atoms with Crippen LogP contribution in [0.2, 0.25) is 0 Å². The lowest BCUT2D eigenvalue weighted by Crippen LogP contribution is -2.28. The molecular weight excluding hydrogens is 327 g/mol. The summed E-state index contributed by atoms with van der Waals surface area (Å²) in [7, 11) is 0. The Bertz CT molecular complexity index is 783. The molecule has 1 N–H and O–H groups in total. The zero-order valence-corrected chi connectivity index (χ0v) is 14.0. The third kappa shape index (κ3) is 4.21. The normalized spacial score (nSPS) is 14.9. The number of amides is 1. The molecule has 0 spiro atoms. The number of rotatable bonds is 4. The number of aryl methyl sites for hydroxylation is 2. The summed E-state index contributed by atoms with van der Waals surface area (Å²) in [4.78, 5) is 12.2. The van der Waals surface area contributed by atoms with Crippen LogP contribution in [0.15, 0.2) is 42.5 Å². The molecule has 0 aromatic heterocycles. The first-order valence-electron chi connectivity index (χ1n) is 8.40. The summed E-state index contributed by atoms with van der Waals surface area (Å²) in [6.07, 6.45) is -0.863. The molecule has 0 bridgehead atoms. The standard InChI is InChI=1S/C20H20F3NO/c1-13(16-5-3-7-18(12-16)20(21,22)23)24-19(25)11-14-8-9-15-4-2-6-17(15)10-14/h3,5,7-10,12-13H,2,4,6,11H2,1H3,(H,24,25)/t13-/m1/s1. The number of fused-ring (bicyclic) bond motifs is 1. The summed E-state index contributed by atoms with van der Waals surface area (Å²) >= 11 is 0. The fourth-order valence-electron chi connectivity index (χ4n) is 3.28. The highest BCUT2D eigenvalue weighted by Gasteiger charge is 2.30. The summed E-state index contributed by atoms with van der Waals surface area (Å²) < 4.78 is 38.4. The van der Waals surface area contributed by atoms with E-state index in [2.05, 4.69) is 17.4 Å². The number of hydrogen-bond donors (Lipinski definition) is 1. The number of halogens is 3. The minimum absolute atomic E-state index is 0.192. The van der Waals surface area contributed by atoms with Gasteiger partial charge in [0.1, 0.15) is 0 Å². The molecule has 1 atom stereocenters. The van der Waals surface area contributed by atoms with Crippen LogP contribution in [0.1, 0.15) is 47.2 Å². The summed E-state index contributed by atoms with van der Waals surface area (Å²) in [5.41, 5.74) is 3.33. The molecule has 25 heavy (non-hydrogen) atoms. The van der Waals surface area contributed by atoms with Crippen LogP contribution in [-0.2, 0) is 30.2 Å². The molecule has 0 saturated heterocycles. The van der Waals surface area contributed by atoms with Crippen LogP contribution in [0.25, 0.3) is 0 Å². The summed E-state index contributed by atoms with van der Waals surface area (Å²) in [5, 5.41) is 2.78. The molecule has 0 aliphatic heterocycles. The van der Waals surface area contributed by atoms with E-state index in [1.807, 2.05) is 6.07 Å². The van der Waals surface area contributed by atoms with E-state index in [4.69, 9.17) is 0 Å². The monoisotopic (exact) mass is 347 g/mol. The highest BCUT2D eigenvalue weighted by molar-refractivity contribution is 5.79. The fraction of sp³-hybridized carbons (Fsp3) is 0.350. The lowest BCUT2D eigenvalue weighted by Gasteiger charge is -2.16. The van der Waals surface area contributed by atoms with E-state index >= 15 is 0 Å². The first-order chi connectivity index (χ1) is 11.8. The molecule has 3 rings (SSSR count). The highest BCUT2D eigenvalue weighted by atomic mass is 19.4. The number of carbonyl (C=O) groups is 1. The van der Waals surface area contributed by atoms with Crippen molar-refractivity contribution in [1.82, 2.24) is 5.32 Å². The number of alkyl halides is 3. The summed E-state index contributed by atoms with van der Waals surface area (Å²) in [6.45, 7) is 1.69. The van der Waals surface area contributed by atoms with Gasteiger partial charge in [-0.2, -0.15) is 13.2 Å². The van der Waals surface area contributed by atoms with Crippen LogP contribution in [0.4, 0.5) is 13.2 Å². The first-order valence-corrected chi connectivity index (χ1v) is 8.40. The van der Waals surface area contributed by atoms with E-state index in [1.54, 1.807) is 13.0 Å². The van der Waals surface area contributed by atoms with Crippen molar-refractivity contribution in [3.63, 3.8) is 0 Å². The van der Waals surface area contributed by atoms with Crippen molar-refractivity contribution in [3.8, 4) is 0 Å². The molecule has 1 aliphatic carbocycles. The lowest BCUT2D eigenvalue weighted by molar-refractivity contribution is -0.137. The van der Waals surface area contributed by atoms with Crippen molar-refractivity contribution in [2.45, 2.75) is 44.8 Å². The van der Waals surface area contributed by atoms with Crippen molar-refractivity contribution in [1.29, 1.82) is 0 Å². The Labute approximate surface area is 145 Å². The van der Waals surface area contributed by atoms with Gasteiger partial charge in [0, 0.05) is 0 Å². The van der Waals surface area contributed by atoms with E-state index in [0.29, 0.717) is 5.56 Å². The quantitative estimate of drug-likeness (QED) is 0.859. The van der Waals surface area contributed by atoms with Crippen molar-refractivity contribution in [2.24, 2.45) is 0 Å². The molecule has 1 aliphatic rings. The Hall–Kier alpha value is -2.30. The van der Waals surface area contributed by atoms with Gasteiger partial charge >= 0.3 is 6.18 Å². The Kier molecular flexibility index (Phi) is 4.84. The topological polar surface area (TPSA) is 29.1 Å². The van der Waals surface area contributed by atoms with Crippen molar-refractivity contribution >= 4 is 5.91 Å². The Morgan fingerprint density at radius 3 is 2.64 bits per heavy atom. The van der Waals surface area contributed by atoms with Crippen molar-refractivity contribution < 1.29 is 18.0 Å². The number of carbonyl (C=O) groups excluding carboxylic acids is 1. The molecule has 5 heteroatoms. The van der Waals surface area contributed by atoms with E-state index in [9.17, 15) is 18.0 Å². The minimum atomic E-state index is -4.38. The second-order valence-electron chi connectivity index (χ2n) is 6.55. The van der Waals surface area contributed by atoms with Gasteiger partial charge in [0.2, 0.25) is 5.91 Å². The molecule has 2 aromatic carbocycles. The Morgan fingerprint density at radius 1 is 1.12 bits per heavy atom. The van der Waals surface area contributed by atoms with Gasteiger partial charge in [0.15, 0.2) is 0 Å². The Balaban J connectivity index is 1.65. The average Bonchev–Trinajstić information content (AvgIpc) is 3.01. The van der Waals surface area contributed by atoms with Gasteiger partial charge < -0.3 is 5.32 Å². The summed E-state index contributed by atoms with van der Waals surface area (Å²) in [5.74, 6) is -0.192. The van der Waals surface area contributed by atoms with Gasteiger partial charge in [-0.05, 0) is 60.6 Å². The maximum Gasteiger partial charge on any atom is 0.416 e. The predicted molar refractivity (Wildman–Crippen MR) is 90.2 cm³/mol. The lowest BCUT2D eigenvalue weighted by atomic mass is 10.0. The van der Waals surface area contributed by atoms with E-state index in [1.165, 1.54) is 17.2 Å². The SMILES string of the molecule is C[C@@H](NC(=O)Cc1ccc2c(c1)CCC2)c1cccc(C(F)(F)F)c1. The Morgan fingerprint density at radius 2 is 1.88 bits per heavy atom. The van der Waals surface area contributed by atoms with Crippen LogP contribution >= 0.6 is 0 Å². The molecule has 1 amide bonds. The molecule has 0 saturated carbocycles. The van der Waals surface area contributed by atoms with Crippen LogP contribution < -0.4 is 5.32 Å². The number of nitrogens with one attached hydrogen (secondary N) is 1. The molecule has 2 nitrogen and oxygen atoms in total. The van der Waals surface area contributed by atoms with Crippen LogP contribution in [-0.4, -0.2) is 5.91 Å². The van der Waals surface area contributed by atoms with Gasteiger partial charge in [0.05, 0.1) is 18.0 Å². The smallest absolute Gasteiger partial charge is 0.349 e. The maximum absolute atomic E-state index is 12.8. The van der Waals surface area contributed by atoms with Crippen molar-refractivity contribution in [2.75, 3.05) is 0 Å². The van der Waals surface area contributed by atoms with Gasteiger partial charge in [0.25, 0.3) is 0 Å².